The SMILES string of the molecule is C[C@H]1CCN(c2nnc(-c3ccon3)s2)[C@@H](C)C1. The molecule has 3 heterocycles. The van der Waals surface area contributed by atoms with Gasteiger partial charge in [0.05, 0.1) is 0 Å². The molecule has 0 radical (unpaired) electrons. The maximum Gasteiger partial charge on any atom is 0.208 e. The molecular weight excluding hydrogens is 248 g/mol. The zero-order chi connectivity index (χ0) is 12.5. The summed E-state index contributed by atoms with van der Waals surface area (Å²) < 4.78 is 4.83. The minimum absolute atomic E-state index is 0.534. The molecule has 2 aromatic rings. The molecule has 18 heavy (non-hydrogen) atoms. The molecule has 2 aromatic heterocycles. The fraction of sp³-hybridized carbons (Fsp3) is 0.583. The minimum atomic E-state index is 0.534. The van der Waals surface area contributed by atoms with Gasteiger partial charge in [-0.3, -0.25) is 0 Å². The Labute approximate surface area is 110 Å². The van der Waals surface area contributed by atoms with E-state index < -0.39 is 0 Å². The highest BCUT2D eigenvalue weighted by Crippen LogP contribution is 2.32. The highest BCUT2D eigenvalue weighted by molar-refractivity contribution is 7.18. The van der Waals surface area contributed by atoms with Gasteiger partial charge in [0.1, 0.15) is 12.0 Å². The third-order valence-corrected chi connectivity index (χ3v) is 4.44. The number of anilines is 1. The summed E-state index contributed by atoms with van der Waals surface area (Å²) in [6.45, 7) is 5.64. The number of aromatic nitrogens is 3. The molecule has 0 bridgehead atoms. The molecule has 0 amide bonds. The highest BCUT2D eigenvalue weighted by Gasteiger charge is 2.25. The Hall–Kier alpha value is -1.43. The third kappa shape index (κ3) is 2.12. The van der Waals surface area contributed by atoms with Crippen molar-refractivity contribution in [1.29, 1.82) is 0 Å². The molecule has 0 spiro atoms. The second-order valence-electron chi connectivity index (χ2n) is 4.95. The van der Waals surface area contributed by atoms with Gasteiger partial charge < -0.3 is 9.42 Å². The third-order valence-electron chi connectivity index (χ3n) is 3.46. The van der Waals surface area contributed by atoms with Gasteiger partial charge in [0.15, 0.2) is 5.01 Å². The van der Waals surface area contributed by atoms with Crippen LogP contribution in [0.5, 0.6) is 0 Å². The summed E-state index contributed by atoms with van der Waals surface area (Å²) >= 11 is 1.58. The number of piperidine rings is 1. The fourth-order valence-corrected chi connectivity index (χ4v) is 3.38. The van der Waals surface area contributed by atoms with Crippen LogP contribution in [0, 0.1) is 5.92 Å². The van der Waals surface area contributed by atoms with Gasteiger partial charge in [0.25, 0.3) is 0 Å². The maximum absolute atomic E-state index is 4.83. The molecular formula is C12H16N4OS. The predicted octanol–water partition coefficient (Wildman–Crippen LogP) is 2.82. The summed E-state index contributed by atoms with van der Waals surface area (Å²) in [5.74, 6) is 0.805. The van der Waals surface area contributed by atoms with Crippen LogP contribution in [0.25, 0.3) is 10.7 Å². The van der Waals surface area contributed by atoms with Crippen molar-refractivity contribution < 1.29 is 4.52 Å². The molecule has 0 N–H and O–H groups in total. The summed E-state index contributed by atoms with van der Waals surface area (Å²) in [7, 11) is 0. The molecule has 0 unspecified atom stereocenters. The Morgan fingerprint density at radius 2 is 2.28 bits per heavy atom. The van der Waals surface area contributed by atoms with Gasteiger partial charge >= 0.3 is 0 Å². The van der Waals surface area contributed by atoms with Gasteiger partial charge in [0.2, 0.25) is 5.13 Å². The molecule has 5 nitrogen and oxygen atoms in total. The lowest BCUT2D eigenvalue weighted by Gasteiger charge is -2.35. The first-order valence-electron chi connectivity index (χ1n) is 6.25. The summed E-state index contributed by atoms with van der Waals surface area (Å²) in [4.78, 5) is 2.35. The average molecular weight is 264 g/mol. The van der Waals surface area contributed by atoms with E-state index in [2.05, 4.69) is 34.1 Å². The second-order valence-corrected chi connectivity index (χ2v) is 5.90. The van der Waals surface area contributed by atoms with E-state index in [1.165, 1.54) is 12.8 Å². The largest absolute Gasteiger partial charge is 0.364 e. The maximum atomic E-state index is 4.83. The van der Waals surface area contributed by atoms with Gasteiger partial charge in [-0.15, -0.1) is 10.2 Å². The van der Waals surface area contributed by atoms with Crippen LogP contribution in [0.1, 0.15) is 26.7 Å². The van der Waals surface area contributed by atoms with E-state index in [0.29, 0.717) is 6.04 Å². The van der Waals surface area contributed by atoms with Crippen LogP contribution in [-0.4, -0.2) is 27.9 Å². The first-order valence-corrected chi connectivity index (χ1v) is 7.06. The van der Waals surface area contributed by atoms with Crippen molar-refractivity contribution in [2.75, 3.05) is 11.4 Å². The van der Waals surface area contributed by atoms with Crippen LogP contribution in [0.15, 0.2) is 16.9 Å². The lowest BCUT2D eigenvalue weighted by Crippen LogP contribution is -2.40. The van der Waals surface area contributed by atoms with E-state index in [1.54, 1.807) is 17.6 Å². The van der Waals surface area contributed by atoms with E-state index in [-0.39, 0.29) is 0 Å². The Kier molecular flexibility index (Phi) is 3.03. The topological polar surface area (TPSA) is 55.1 Å². The smallest absolute Gasteiger partial charge is 0.208 e. The Bertz CT molecular complexity index is 510. The number of hydrogen-bond acceptors (Lipinski definition) is 6. The average Bonchev–Trinajstić information content (AvgIpc) is 2.99. The Balaban J connectivity index is 1.81. The predicted molar refractivity (Wildman–Crippen MR) is 70.6 cm³/mol. The molecule has 6 heteroatoms. The molecule has 1 aliphatic heterocycles. The van der Waals surface area contributed by atoms with Gasteiger partial charge in [-0.2, -0.15) is 0 Å². The van der Waals surface area contributed by atoms with E-state index in [9.17, 15) is 0 Å². The standard InChI is InChI=1S/C12H16N4OS/c1-8-3-5-16(9(2)7-8)12-14-13-11(18-12)10-4-6-17-15-10/h4,6,8-9H,3,5,7H2,1-2H3/t8-,9-/m0/s1. The van der Waals surface area contributed by atoms with E-state index in [4.69, 9.17) is 4.52 Å². The molecule has 0 aliphatic carbocycles. The fourth-order valence-electron chi connectivity index (χ4n) is 2.45. The van der Waals surface area contributed by atoms with Crippen molar-refractivity contribution in [2.24, 2.45) is 5.92 Å². The first-order chi connectivity index (χ1) is 8.74. The van der Waals surface area contributed by atoms with Gasteiger partial charge in [-0.05, 0) is 25.7 Å². The van der Waals surface area contributed by atoms with Crippen LogP contribution in [0.3, 0.4) is 0 Å². The Morgan fingerprint density at radius 1 is 1.39 bits per heavy atom. The zero-order valence-corrected chi connectivity index (χ0v) is 11.4. The summed E-state index contributed by atoms with van der Waals surface area (Å²) in [5, 5.41) is 14.2. The van der Waals surface area contributed by atoms with Crippen molar-refractivity contribution in [2.45, 2.75) is 32.7 Å². The first kappa shape index (κ1) is 11.6. The quantitative estimate of drug-likeness (QED) is 0.834. The van der Waals surface area contributed by atoms with Crippen LogP contribution >= 0.6 is 11.3 Å². The van der Waals surface area contributed by atoms with Gasteiger partial charge in [0, 0.05) is 18.7 Å². The minimum Gasteiger partial charge on any atom is -0.364 e. The molecule has 1 saturated heterocycles. The highest BCUT2D eigenvalue weighted by atomic mass is 32.1. The van der Waals surface area contributed by atoms with Crippen LogP contribution in [0.4, 0.5) is 5.13 Å². The zero-order valence-electron chi connectivity index (χ0n) is 10.5. The van der Waals surface area contributed by atoms with Crippen molar-refractivity contribution in [3.8, 4) is 10.7 Å². The number of nitrogens with zero attached hydrogens (tertiary/aromatic N) is 4. The molecule has 96 valence electrons. The van der Waals surface area contributed by atoms with Crippen molar-refractivity contribution >= 4 is 16.5 Å². The van der Waals surface area contributed by atoms with Crippen LogP contribution < -0.4 is 4.90 Å². The molecule has 2 atom stereocenters. The summed E-state index contributed by atoms with van der Waals surface area (Å²) in [6.07, 6.45) is 4.00. The van der Waals surface area contributed by atoms with Gasteiger partial charge in [-0.25, -0.2) is 0 Å². The normalized spacial score (nSPS) is 24.4. The Morgan fingerprint density at radius 3 is 3.00 bits per heavy atom. The lowest BCUT2D eigenvalue weighted by atomic mass is 9.94. The molecule has 3 rings (SSSR count). The summed E-state index contributed by atoms with van der Waals surface area (Å²) in [6, 6.07) is 2.35. The number of hydrogen-bond donors (Lipinski definition) is 0. The molecule has 1 aliphatic rings. The molecule has 0 saturated carbocycles. The van der Waals surface area contributed by atoms with Crippen LogP contribution in [-0.2, 0) is 0 Å². The van der Waals surface area contributed by atoms with Gasteiger partial charge in [-0.1, -0.05) is 23.4 Å². The number of rotatable bonds is 2. The summed E-state index contributed by atoms with van der Waals surface area (Å²) in [5.41, 5.74) is 0.761. The van der Waals surface area contributed by atoms with E-state index in [1.807, 2.05) is 6.07 Å². The molecule has 0 aromatic carbocycles. The van der Waals surface area contributed by atoms with Crippen molar-refractivity contribution in [3.05, 3.63) is 12.3 Å². The van der Waals surface area contributed by atoms with E-state index in [0.717, 1.165) is 28.3 Å². The monoisotopic (exact) mass is 264 g/mol. The van der Waals surface area contributed by atoms with Crippen molar-refractivity contribution in [1.82, 2.24) is 15.4 Å². The van der Waals surface area contributed by atoms with Crippen LogP contribution in [0.2, 0.25) is 0 Å². The molecule has 1 fully saturated rings. The lowest BCUT2D eigenvalue weighted by molar-refractivity contribution is 0.377. The second kappa shape index (κ2) is 4.68. The van der Waals surface area contributed by atoms with E-state index >= 15 is 0 Å². The van der Waals surface area contributed by atoms with Crippen molar-refractivity contribution in [3.63, 3.8) is 0 Å².